The number of carbonyl (C=O) groups excluding carboxylic acids is 2. The van der Waals surface area contributed by atoms with Gasteiger partial charge in [-0.3, -0.25) is 18.6 Å². The highest BCUT2D eigenvalue weighted by molar-refractivity contribution is 7.47. The van der Waals surface area contributed by atoms with Crippen LogP contribution in [0.2, 0.25) is 0 Å². The van der Waals surface area contributed by atoms with Gasteiger partial charge in [0.1, 0.15) is 43.2 Å². The molecule has 1 aliphatic carbocycles. The van der Waals surface area contributed by atoms with Crippen molar-refractivity contribution in [1.82, 2.24) is 0 Å². The van der Waals surface area contributed by atoms with E-state index in [9.17, 15) is 49.7 Å². The van der Waals surface area contributed by atoms with Crippen molar-refractivity contribution in [3.63, 3.8) is 0 Å². The molecular formula is C45H77O14P. The molecule has 0 bridgehead atoms. The summed E-state index contributed by atoms with van der Waals surface area (Å²) in [6.45, 7) is 3.02. The lowest BCUT2D eigenvalue weighted by Crippen LogP contribution is -2.64. The van der Waals surface area contributed by atoms with Gasteiger partial charge in [0.15, 0.2) is 6.10 Å². The summed E-state index contributed by atoms with van der Waals surface area (Å²) >= 11 is 0. The highest BCUT2D eigenvalue weighted by Gasteiger charge is 2.51. The number of rotatable bonds is 35. The van der Waals surface area contributed by atoms with Crippen molar-refractivity contribution in [3.05, 3.63) is 60.8 Å². The number of aliphatic hydroxyl groups is 6. The molecule has 60 heavy (non-hydrogen) atoms. The summed E-state index contributed by atoms with van der Waals surface area (Å²) < 4.78 is 33.4. The molecule has 0 saturated heterocycles. The van der Waals surface area contributed by atoms with Crippen molar-refractivity contribution in [3.8, 4) is 0 Å². The Morgan fingerprint density at radius 3 is 1.72 bits per heavy atom. The van der Waals surface area contributed by atoms with Crippen molar-refractivity contribution in [2.75, 3.05) is 13.2 Å². The van der Waals surface area contributed by atoms with E-state index in [0.717, 1.165) is 32.1 Å². The van der Waals surface area contributed by atoms with Crippen molar-refractivity contribution >= 4 is 19.8 Å². The molecule has 0 aliphatic heterocycles. The van der Waals surface area contributed by atoms with Crippen LogP contribution in [0, 0.1) is 0 Å². The van der Waals surface area contributed by atoms with Gasteiger partial charge >= 0.3 is 19.8 Å². The molecule has 15 heteroatoms. The van der Waals surface area contributed by atoms with Crippen LogP contribution in [0.5, 0.6) is 0 Å². The first kappa shape index (κ1) is 55.5. The third-order valence-corrected chi connectivity index (χ3v) is 10.9. The third-order valence-electron chi connectivity index (χ3n) is 9.95. The standard InChI is InChI=1S/C45H77O14P/c1-3-5-7-9-10-11-12-13-14-18-21-24-28-32-38(47)56-34-37(35-57-60(54,55)59-45-43(52)41(50)40(49)42(51)44(45)53)58-39(48)33-29-25-22-19-16-15-17-20-23-27-31-36(46)30-26-8-6-4-2/h6,8,15,17,19,22-23,26-27,30,36-37,40-46,49-53H,3-5,7,9-14,16,18,20-21,24-25,28-29,31-35H2,1-2H3,(H,54,55). The first-order chi connectivity index (χ1) is 28.8. The topological polar surface area (TPSA) is 230 Å². The van der Waals surface area contributed by atoms with Crippen LogP contribution < -0.4 is 0 Å². The number of hydrogen-bond acceptors (Lipinski definition) is 13. The number of esters is 2. The number of phosphoric acid groups is 1. The molecule has 7 N–H and O–H groups in total. The number of allylic oxidation sites excluding steroid dienone is 8. The van der Waals surface area contributed by atoms with E-state index in [1.54, 1.807) is 6.08 Å². The molecule has 1 fully saturated rings. The van der Waals surface area contributed by atoms with Gasteiger partial charge in [0, 0.05) is 12.8 Å². The number of phosphoric ester groups is 1. The Bertz CT molecular complexity index is 1300. The Kier molecular flexibility index (Phi) is 32.4. The van der Waals surface area contributed by atoms with Gasteiger partial charge in [0.05, 0.1) is 12.7 Å². The van der Waals surface area contributed by atoms with Crippen molar-refractivity contribution in [2.45, 2.75) is 198 Å². The van der Waals surface area contributed by atoms with Gasteiger partial charge < -0.3 is 45.0 Å². The van der Waals surface area contributed by atoms with Gasteiger partial charge in [-0.05, 0) is 44.9 Å². The van der Waals surface area contributed by atoms with E-state index in [4.69, 9.17) is 18.5 Å². The van der Waals surface area contributed by atoms with Crippen LogP contribution in [0.1, 0.15) is 149 Å². The fraction of sp³-hybridized carbons (Fsp3) is 0.733. The second-order valence-corrected chi connectivity index (χ2v) is 16.8. The van der Waals surface area contributed by atoms with Crippen molar-refractivity contribution < 1.29 is 68.2 Å². The predicted molar refractivity (Wildman–Crippen MR) is 232 cm³/mol. The first-order valence-electron chi connectivity index (χ1n) is 22.2. The summed E-state index contributed by atoms with van der Waals surface area (Å²) in [5.74, 6) is -1.20. The quantitative estimate of drug-likeness (QED) is 0.0110. The van der Waals surface area contributed by atoms with E-state index >= 15 is 0 Å². The number of ether oxygens (including phenoxy) is 2. The van der Waals surface area contributed by atoms with Crippen LogP contribution in [-0.4, -0.2) is 110 Å². The lowest BCUT2D eigenvalue weighted by Gasteiger charge is -2.41. The van der Waals surface area contributed by atoms with Crippen molar-refractivity contribution in [1.29, 1.82) is 0 Å². The molecule has 0 heterocycles. The smallest absolute Gasteiger partial charge is 0.462 e. The van der Waals surface area contributed by atoms with Crippen LogP contribution in [-0.2, 0) is 32.7 Å². The van der Waals surface area contributed by atoms with E-state index in [-0.39, 0.29) is 12.8 Å². The van der Waals surface area contributed by atoms with Gasteiger partial charge in [-0.2, -0.15) is 0 Å². The number of aliphatic hydroxyl groups excluding tert-OH is 6. The minimum Gasteiger partial charge on any atom is -0.462 e. The molecule has 1 rings (SSSR count). The van der Waals surface area contributed by atoms with Gasteiger partial charge in [0.2, 0.25) is 0 Å². The van der Waals surface area contributed by atoms with E-state index in [0.29, 0.717) is 32.1 Å². The molecule has 0 aromatic heterocycles. The Hall–Kier alpha value is -2.49. The van der Waals surface area contributed by atoms with Gasteiger partial charge in [-0.1, -0.05) is 152 Å². The number of hydrogen-bond donors (Lipinski definition) is 7. The second kappa shape index (κ2) is 35.0. The minimum atomic E-state index is -5.14. The summed E-state index contributed by atoms with van der Waals surface area (Å²) in [5, 5.41) is 60.0. The zero-order valence-electron chi connectivity index (χ0n) is 36.1. The lowest BCUT2D eigenvalue weighted by molar-refractivity contribution is -0.220. The summed E-state index contributed by atoms with van der Waals surface area (Å²) in [6.07, 6.45) is 24.6. The molecule has 0 amide bonds. The summed E-state index contributed by atoms with van der Waals surface area (Å²) in [4.78, 5) is 35.6. The maximum atomic E-state index is 12.8. The predicted octanol–water partition coefficient (Wildman–Crippen LogP) is 7.14. The number of carbonyl (C=O) groups is 2. The van der Waals surface area contributed by atoms with E-state index in [2.05, 4.69) is 6.92 Å². The molecule has 346 valence electrons. The SMILES string of the molecule is CCC=CC=CC(O)CC=CCC=CCC=CCCCC(=O)OC(COC(=O)CCCCCCCCCCCCCCC)COP(=O)(O)OC1C(O)C(O)C(O)C(O)C1O. The molecule has 0 spiro atoms. The maximum Gasteiger partial charge on any atom is 0.472 e. The monoisotopic (exact) mass is 873 g/mol. The fourth-order valence-electron chi connectivity index (χ4n) is 6.33. The maximum absolute atomic E-state index is 12.8. The van der Waals surface area contributed by atoms with Crippen LogP contribution in [0.15, 0.2) is 60.8 Å². The summed E-state index contributed by atoms with van der Waals surface area (Å²) in [6, 6.07) is 0. The zero-order valence-corrected chi connectivity index (χ0v) is 37.0. The summed E-state index contributed by atoms with van der Waals surface area (Å²) in [5.41, 5.74) is 0. The molecular weight excluding hydrogens is 795 g/mol. The number of unbranched alkanes of at least 4 members (excludes halogenated alkanes) is 13. The van der Waals surface area contributed by atoms with Gasteiger partial charge in [0.25, 0.3) is 0 Å². The van der Waals surface area contributed by atoms with Gasteiger partial charge in [-0.15, -0.1) is 0 Å². The van der Waals surface area contributed by atoms with E-state index in [1.807, 2.05) is 61.6 Å². The Labute approximate surface area is 358 Å². The molecule has 7 atom stereocenters. The Balaban J connectivity index is 2.55. The molecule has 7 unspecified atom stereocenters. The average Bonchev–Trinajstić information content (AvgIpc) is 3.22. The van der Waals surface area contributed by atoms with Crippen molar-refractivity contribution in [2.24, 2.45) is 0 Å². The highest BCUT2D eigenvalue weighted by Crippen LogP contribution is 2.47. The molecule has 0 aromatic carbocycles. The van der Waals surface area contributed by atoms with Crippen LogP contribution in [0.25, 0.3) is 0 Å². The van der Waals surface area contributed by atoms with E-state index in [1.165, 1.54) is 57.8 Å². The normalized spacial score (nSPS) is 23.3. The molecule has 1 saturated carbocycles. The van der Waals surface area contributed by atoms with Crippen LogP contribution in [0.3, 0.4) is 0 Å². The van der Waals surface area contributed by atoms with Crippen LogP contribution >= 0.6 is 7.82 Å². The first-order valence-corrected chi connectivity index (χ1v) is 23.7. The fourth-order valence-corrected chi connectivity index (χ4v) is 7.31. The zero-order chi connectivity index (χ0) is 44.4. The molecule has 0 radical (unpaired) electrons. The second-order valence-electron chi connectivity index (χ2n) is 15.4. The summed E-state index contributed by atoms with van der Waals surface area (Å²) in [7, 11) is -5.14. The van der Waals surface area contributed by atoms with Crippen LogP contribution in [0.4, 0.5) is 0 Å². The van der Waals surface area contributed by atoms with E-state index < -0.39 is 81.8 Å². The average molecular weight is 873 g/mol. The molecule has 0 aromatic rings. The largest absolute Gasteiger partial charge is 0.472 e. The highest BCUT2D eigenvalue weighted by atomic mass is 31.2. The molecule has 1 aliphatic rings. The molecule has 14 nitrogen and oxygen atoms in total. The van der Waals surface area contributed by atoms with Gasteiger partial charge in [-0.25, -0.2) is 4.57 Å². The minimum absolute atomic E-state index is 0.00381. The lowest BCUT2D eigenvalue weighted by atomic mass is 9.85. The Morgan fingerprint density at radius 2 is 1.13 bits per heavy atom. The Morgan fingerprint density at radius 1 is 0.617 bits per heavy atom. The third kappa shape index (κ3) is 27.5.